The first-order valence-electron chi connectivity index (χ1n) is 5.97. The largest absolute Gasteiger partial charge is 0.395 e. The minimum absolute atomic E-state index is 0.0391. The number of imide groups is 1. The quantitative estimate of drug-likeness (QED) is 0.584. The molecule has 0 unspecified atom stereocenters. The molecule has 7 heteroatoms. The summed E-state index contributed by atoms with van der Waals surface area (Å²) >= 11 is 0. The normalized spacial score (nSPS) is 13.0. The summed E-state index contributed by atoms with van der Waals surface area (Å²) in [7, 11) is 0. The molecule has 0 atom stereocenters. The van der Waals surface area contributed by atoms with Gasteiger partial charge in [0.1, 0.15) is 5.82 Å². The Morgan fingerprint density at radius 2 is 1.71 bits per heavy atom. The monoisotopic (exact) mass is 289 g/mol. The van der Waals surface area contributed by atoms with Gasteiger partial charge in [-0.05, 0) is 24.3 Å². The molecule has 21 heavy (non-hydrogen) atoms. The van der Waals surface area contributed by atoms with Crippen LogP contribution in [0.25, 0.3) is 0 Å². The summed E-state index contributed by atoms with van der Waals surface area (Å²) in [5, 5.41) is 4.88. The Hall–Kier alpha value is -2.96. The fourth-order valence-electron chi connectivity index (χ4n) is 2.09. The zero-order valence-corrected chi connectivity index (χ0v) is 10.5. The first-order chi connectivity index (χ1) is 9.95. The van der Waals surface area contributed by atoms with E-state index in [2.05, 4.69) is 10.6 Å². The summed E-state index contributed by atoms with van der Waals surface area (Å²) < 4.78 is 26.6. The van der Waals surface area contributed by atoms with Gasteiger partial charge in [-0.2, -0.15) is 0 Å². The van der Waals surface area contributed by atoms with Crippen LogP contribution in [-0.4, -0.2) is 11.8 Å². The molecular weight excluding hydrogens is 280 g/mol. The summed E-state index contributed by atoms with van der Waals surface area (Å²) in [4.78, 5) is 23.0. The molecule has 0 saturated carbocycles. The Balaban J connectivity index is 1.99. The molecule has 1 aliphatic heterocycles. The van der Waals surface area contributed by atoms with Gasteiger partial charge in [-0.3, -0.25) is 14.9 Å². The van der Waals surface area contributed by atoms with Crippen molar-refractivity contribution < 1.29 is 18.4 Å². The molecule has 4 N–H and O–H groups in total. The average molecular weight is 289 g/mol. The van der Waals surface area contributed by atoms with E-state index in [1.807, 2.05) is 0 Å². The van der Waals surface area contributed by atoms with Gasteiger partial charge in [0.05, 0.1) is 22.5 Å². The van der Waals surface area contributed by atoms with Crippen molar-refractivity contribution in [2.45, 2.75) is 0 Å². The van der Waals surface area contributed by atoms with Crippen molar-refractivity contribution in [3.8, 4) is 0 Å². The molecule has 0 radical (unpaired) electrons. The van der Waals surface area contributed by atoms with Gasteiger partial charge in [-0.15, -0.1) is 0 Å². The zero-order valence-electron chi connectivity index (χ0n) is 10.5. The van der Waals surface area contributed by atoms with Crippen LogP contribution < -0.4 is 16.4 Å². The fourth-order valence-corrected chi connectivity index (χ4v) is 2.09. The van der Waals surface area contributed by atoms with E-state index in [0.717, 1.165) is 6.07 Å². The minimum atomic E-state index is -0.883. The molecule has 1 aliphatic rings. The number of rotatable bonds is 2. The van der Waals surface area contributed by atoms with Crippen LogP contribution in [-0.2, 0) is 0 Å². The lowest BCUT2D eigenvalue weighted by molar-refractivity contribution is 0.0879. The van der Waals surface area contributed by atoms with E-state index in [4.69, 9.17) is 5.73 Å². The molecule has 2 aromatic carbocycles. The third-order valence-corrected chi connectivity index (χ3v) is 3.11. The molecule has 0 bridgehead atoms. The van der Waals surface area contributed by atoms with Crippen molar-refractivity contribution in [1.29, 1.82) is 0 Å². The summed E-state index contributed by atoms with van der Waals surface area (Å²) in [5.74, 6) is -2.65. The Kier molecular flexibility index (Phi) is 2.83. The number of nitrogens with two attached hydrogens (primary N) is 1. The molecule has 0 spiro atoms. The van der Waals surface area contributed by atoms with Gasteiger partial charge in [0.25, 0.3) is 11.8 Å². The maximum atomic E-state index is 13.4. The van der Waals surface area contributed by atoms with Crippen molar-refractivity contribution in [2.24, 2.45) is 0 Å². The number of hydrogen-bond donors (Lipinski definition) is 3. The van der Waals surface area contributed by atoms with E-state index in [0.29, 0.717) is 11.8 Å². The summed E-state index contributed by atoms with van der Waals surface area (Å²) in [6.07, 6.45) is 0. The van der Waals surface area contributed by atoms with Crippen LogP contribution in [0.3, 0.4) is 0 Å². The standard InChI is InChI=1S/C14H9F2N3O2/c15-6-3-10(16)12(17)11(4-6)18-7-1-2-8-9(5-7)14(21)19-13(8)20/h1-5,18H,17H2,(H,19,20,21). The summed E-state index contributed by atoms with van der Waals surface area (Å²) in [5.41, 5.74) is 6.16. The van der Waals surface area contributed by atoms with E-state index < -0.39 is 23.4 Å². The van der Waals surface area contributed by atoms with Crippen LogP contribution in [0.1, 0.15) is 20.7 Å². The van der Waals surface area contributed by atoms with Crippen molar-refractivity contribution >= 4 is 28.9 Å². The van der Waals surface area contributed by atoms with Crippen LogP contribution in [0.4, 0.5) is 25.8 Å². The smallest absolute Gasteiger partial charge is 0.259 e. The fraction of sp³-hybridized carbons (Fsp3) is 0. The highest BCUT2D eigenvalue weighted by Gasteiger charge is 2.26. The Labute approximate surface area is 117 Å². The number of nitrogen functional groups attached to an aromatic ring is 1. The van der Waals surface area contributed by atoms with Crippen molar-refractivity contribution in [1.82, 2.24) is 5.32 Å². The van der Waals surface area contributed by atoms with E-state index in [1.165, 1.54) is 18.2 Å². The first-order valence-corrected chi connectivity index (χ1v) is 5.97. The van der Waals surface area contributed by atoms with Crippen LogP contribution >= 0.6 is 0 Å². The highest BCUT2D eigenvalue weighted by molar-refractivity contribution is 6.21. The number of halogens is 2. The number of hydrogen-bond acceptors (Lipinski definition) is 4. The molecule has 3 rings (SSSR count). The van der Waals surface area contributed by atoms with Gasteiger partial charge in [0.2, 0.25) is 0 Å². The highest BCUT2D eigenvalue weighted by Crippen LogP contribution is 2.28. The highest BCUT2D eigenvalue weighted by atomic mass is 19.1. The van der Waals surface area contributed by atoms with Crippen LogP contribution in [0.2, 0.25) is 0 Å². The molecule has 106 valence electrons. The number of carbonyl (C=O) groups is 2. The lowest BCUT2D eigenvalue weighted by Crippen LogP contribution is -2.19. The lowest BCUT2D eigenvalue weighted by atomic mass is 10.1. The number of fused-ring (bicyclic) bond motifs is 1. The van der Waals surface area contributed by atoms with Crippen LogP contribution in [0.15, 0.2) is 30.3 Å². The third kappa shape index (κ3) is 2.18. The SMILES string of the molecule is Nc1c(F)cc(F)cc1Nc1ccc2c(c1)C(=O)NC2=O. The van der Waals surface area contributed by atoms with Crippen molar-refractivity contribution in [3.05, 3.63) is 53.1 Å². The number of anilines is 3. The van der Waals surface area contributed by atoms with E-state index in [-0.39, 0.29) is 22.5 Å². The van der Waals surface area contributed by atoms with Gasteiger partial charge < -0.3 is 11.1 Å². The maximum absolute atomic E-state index is 13.4. The van der Waals surface area contributed by atoms with Gasteiger partial charge >= 0.3 is 0 Å². The maximum Gasteiger partial charge on any atom is 0.259 e. The second-order valence-electron chi connectivity index (χ2n) is 4.52. The van der Waals surface area contributed by atoms with E-state index in [9.17, 15) is 18.4 Å². The van der Waals surface area contributed by atoms with Gasteiger partial charge in [0.15, 0.2) is 5.82 Å². The van der Waals surface area contributed by atoms with Crippen LogP contribution in [0, 0.1) is 11.6 Å². The number of carbonyl (C=O) groups excluding carboxylic acids is 2. The molecule has 0 aromatic heterocycles. The molecule has 0 fully saturated rings. The third-order valence-electron chi connectivity index (χ3n) is 3.11. The van der Waals surface area contributed by atoms with Crippen LogP contribution in [0.5, 0.6) is 0 Å². The Bertz CT molecular complexity index is 790. The molecule has 0 aliphatic carbocycles. The molecule has 2 aromatic rings. The summed E-state index contributed by atoms with van der Waals surface area (Å²) in [6, 6.07) is 6.09. The predicted molar refractivity (Wildman–Crippen MR) is 72.3 cm³/mol. The molecular formula is C14H9F2N3O2. The van der Waals surface area contributed by atoms with E-state index in [1.54, 1.807) is 0 Å². The van der Waals surface area contributed by atoms with Crippen molar-refractivity contribution in [2.75, 3.05) is 11.1 Å². The molecule has 2 amide bonds. The van der Waals surface area contributed by atoms with Gasteiger partial charge in [0, 0.05) is 11.8 Å². The van der Waals surface area contributed by atoms with Crippen molar-refractivity contribution in [3.63, 3.8) is 0 Å². The molecule has 5 nitrogen and oxygen atoms in total. The minimum Gasteiger partial charge on any atom is -0.395 e. The second kappa shape index (κ2) is 4.55. The van der Waals surface area contributed by atoms with Gasteiger partial charge in [-0.25, -0.2) is 8.78 Å². The number of nitrogens with one attached hydrogen (secondary N) is 2. The number of benzene rings is 2. The predicted octanol–water partition coefficient (Wildman–Crippen LogP) is 2.17. The second-order valence-corrected chi connectivity index (χ2v) is 4.52. The summed E-state index contributed by atoms with van der Waals surface area (Å²) in [6.45, 7) is 0. The van der Waals surface area contributed by atoms with Gasteiger partial charge in [-0.1, -0.05) is 0 Å². The lowest BCUT2D eigenvalue weighted by Gasteiger charge is -2.11. The Morgan fingerprint density at radius 1 is 1.00 bits per heavy atom. The molecule has 0 saturated heterocycles. The zero-order chi connectivity index (χ0) is 15.1. The topological polar surface area (TPSA) is 84.2 Å². The number of amides is 2. The van der Waals surface area contributed by atoms with E-state index >= 15 is 0 Å². The molecule has 1 heterocycles. The Morgan fingerprint density at radius 3 is 2.48 bits per heavy atom. The first kappa shape index (κ1) is 13.0. The average Bonchev–Trinajstić information content (AvgIpc) is 2.70.